The number of amides is 3. The maximum atomic E-state index is 14.8. The highest BCUT2D eigenvalue weighted by Crippen LogP contribution is 2.35. The minimum atomic E-state index is -5.04. The Hall–Kier alpha value is -4.51. The summed E-state index contributed by atoms with van der Waals surface area (Å²) in [6.45, 7) is 0.767. The highest BCUT2D eigenvalue weighted by Gasteiger charge is 2.46. The van der Waals surface area contributed by atoms with E-state index in [2.05, 4.69) is 26.9 Å². The summed E-state index contributed by atoms with van der Waals surface area (Å²) in [7, 11) is 0. The Bertz CT molecular complexity index is 1500. The second kappa shape index (κ2) is 12.6. The number of hydrogen-bond acceptors (Lipinski definition) is 4. The average Bonchev–Trinajstić information content (AvgIpc) is 2.91. The number of urea groups is 1. The summed E-state index contributed by atoms with van der Waals surface area (Å²) in [6.07, 6.45) is -8.24. The maximum Gasteiger partial charge on any atom is 0.461 e. The molecule has 0 bridgehead atoms. The van der Waals surface area contributed by atoms with E-state index in [1.807, 2.05) is 5.32 Å². The number of primary amides is 1. The highest BCUT2D eigenvalue weighted by atomic mass is 35.5. The summed E-state index contributed by atoms with van der Waals surface area (Å²) < 4.78 is 100. The topological polar surface area (TPSA) is 106 Å². The zero-order valence-corrected chi connectivity index (χ0v) is 22.0. The third kappa shape index (κ3) is 7.41. The smallest absolute Gasteiger partial charge is 0.428 e. The second-order valence-electron chi connectivity index (χ2n) is 8.68. The van der Waals surface area contributed by atoms with Gasteiger partial charge in [-0.1, -0.05) is 41.6 Å². The maximum absolute atomic E-state index is 14.8. The number of halogens is 8. The van der Waals surface area contributed by atoms with Crippen molar-refractivity contribution in [1.82, 2.24) is 15.6 Å². The van der Waals surface area contributed by atoms with Crippen LogP contribution in [0.4, 0.5) is 35.5 Å². The molecule has 222 valence electrons. The van der Waals surface area contributed by atoms with Crippen molar-refractivity contribution in [2.75, 3.05) is 0 Å². The molecule has 0 spiro atoms. The fraction of sp³-hybridized carbons (Fsp3) is 0.222. The fourth-order valence-electron chi connectivity index (χ4n) is 3.48. The normalized spacial score (nSPS) is 13.8. The Morgan fingerprint density at radius 1 is 1.05 bits per heavy atom. The van der Waals surface area contributed by atoms with Crippen LogP contribution in [0.1, 0.15) is 23.7 Å². The molecule has 42 heavy (non-hydrogen) atoms. The number of aromatic nitrogens is 1. The monoisotopic (exact) mass is 616 g/mol. The first kappa shape index (κ1) is 32.0. The zero-order valence-electron chi connectivity index (χ0n) is 21.3. The van der Waals surface area contributed by atoms with E-state index in [0.717, 1.165) is 13.1 Å². The fourth-order valence-corrected chi connectivity index (χ4v) is 3.60. The van der Waals surface area contributed by atoms with Crippen LogP contribution >= 0.6 is 11.6 Å². The zero-order chi connectivity index (χ0) is 31.3. The van der Waals surface area contributed by atoms with Gasteiger partial charge in [0, 0.05) is 23.4 Å². The molecule has 2 atom stereocenters. The van der Waals surface area contributed by atoms with Crippen LogP contribution in [-0.2, 0) is 10.3 Å². The van der Waals surface area contributed by atoms with E-state index >= 15 is 0 Å². The SMILES string of the molecule is CC(NC(=O)N[C@@](C#Cc1ccccc1)(c1cc(F)cc(OC(F)(F)C(F)F)c1)c1ccc(Cl)cn1)C(F)(F)C(N)=O. The van der Waals surface area contributed by atoms with Gasteiger partial charge in [0.15, 0.2) is 5.54 Å². The first-order valence-electron chi connectivity index (χ1n) is 11.7. The molecule has 0 fully saturated rings. The standard InChI is InChI=1S/C27H20ClF7N4O3/c1-15(26(32,33)23(36)40)38-24(41)39-25(21-8-7-18(28)14-37-21,10-9-16-5-3-2-4-6-16)17-11-19(29)13-20(12-17)42-27(34,35)22(30)31/h2-8,11-15,22H,1H3,(H2,36,40)(H2,38,39,41)/t15?,25-/m0/s1. The van der Waals surface area contributed by atoms with Crippen LogP contribution in [0.15, 0.2) is 66.9 Å². The minimum absolute atomic E-state index is 0.0858. The molecule has 0 radical (unpaired) electrons. The van der Waals surface area contributed by atoms with Crippen LogP contribution in [-0.4, -0.2) is 41.4 Å². The number of carbonyl (C=O) groups excluding carboxylic acids is 2. The molecule has 0 aliphatic carbocycles. The van der Waals surface area contributed by atoms with Crippen molar-refractivity contribution in [2.24, 2.45) is 5.73 Å². The number of nitrogens with one attached hydrogen (secondary N) is 2. The van der Waals surface area contributed by atoms with Crippen LogP contribution in [0.5, 0.6) is 5.75 Å². The third-order valence-electron chi connectivity index (χ3n) is 5.61. The summed E-state index contributed by atoms with van der Waals surface area (Å²) in [5, 5.41) is 4.17. The summed E-state index contributed by atoms with van der Waals surface area (Å²) in [4.78, 5) is 28.3. The van der Waals surface area contributed by atoms with Gasteiger partial charge in [-0.05, 0) is 43.3 Å². The second-order valence-corrected chi connectivity index (χ2v) is 9.11. The van der Waals surface area contributed by atoms with Crippen LogP contribution in [0, 0.1) is 17.7 Å². The van der Waals surface area contributed by atoms with Crippen LogP contribution in [0.25, 0.3) is 0 Å². The summed E-state index contributed by atoms with van der Waals surface area (Å²) in [5.74, 6) is -3.31. The van der Waals surface area contributed by atoms with Crippen molar-refractivity contribution in [3.63, 3.8) is 0 Å². The molecule has 1 unspecified atom stereocenters. The molecule has 0 aliphatic heterocycles. The number of nitrogens with two attached hydrogens (primary N) is 1. The largest absolute Gasteiger partial charge is 0.461 e. The quantitative estimate of drug-likeness (QED) is 0.227. The molecule has 15 heteroatoms. The summed E-state index contributed by atoms with van der Waals surface area (Å²) in [6, 6.07) is 8.54. The van der Waals surface area contributed by atoms with Crippen molar-refractivity contribution < 1.29 is 45.1 Å². The Balaban J connectivity index is 2.26. The molecular formula is C27H20ClF7N4O3. The van der Waals surface area contributed by atoms with E-state index < -0.39 is 59.1 Å². The van der Waals surface area contributed by atoms with Crippen molar-refractivity contribution >= 4 is 23.5 Å². The number of carbonyl (C=O) groups is 2. The lowest BCUT2D eigenvalue weighted by molar-refractivity contribution is -0.253. The van der Waals surface area contributed by atoms with E-state index in [9.17, 15) is 40.3 Å². The minimum Gasteiger partial charge on any atom is -0.428 e. The lowest BCUT2D eigenvalue weighted by atomic mass is 9.85. The lowest BCUT2D eigenvalue weighted by Crippen LogP contribution is -2.58. The average molecular weight is 617 g/mol. The van der Waals surface area contributed by atoms with E-state index in [0.29, 0.717) is 23.8 Å². The van der Waals surface area contributed by atoms with Gasteiger partial charge in [0.25, 0.3) is 5.91 Å². The number of ether oxygens (including phenoxy) is 1. The third-order valence-corrected chi connectivity index (χ3v) is 5.84. The predicted octanol–water partition coefficient (Wildman–Crippen LogP) is 5.21. The van der Waals surface area contributed by atoms with Crippen LogP contribution < -0.4 is 21.1 Å². The van der Waals surface area contributed by atoms with Crippen molar-refractivity contribution in [1.29, 1.82) is 0 Å². The van der Waals surface area contributed by atoms with Gasteiger partial charge in [-0.2, -0.15) is 26.3 Å². The number of pyridine rings is 1. The van der Waals surface area contributed by atoms with Gasteiger partial charge in [0.05, 0.1) is 10.7 Å². The molecule has 2 aromatic carbocycles. The molecule has 0 saturated heterocycles. The molecular weight excluding hydrogens is 597 g/mol. The van der Waals surface area contributed by atoms with E-state index in [1.54, 1.807) is 18.2 Å². The molecule has 0 saturated carbocycles. The van der Waals surface area contributed by atoms with E-state index in [4.69, 9.17) is 17.3 Å². The van der Waals surface area contributed by atoms with Crippen LogP contribution in [0.3, 0.4) is 0 Å². The molecule has 1 aromatic heterocycles. The van der Waals surface area contributed by atoms with Crippen molar-refractivity contribution in [3.05, 3.63) is 94.5 Å². The summed E-state index contributed by atoms with van der Waals surface area (Å²) >= 11 is 5.93. The van der Waals surface area contributed by atoms with Gasteiger partial charge in [-0.15, -0.1) is 0 Å². The molecule has 3 aromatic rings. The number of benzene rings is 2. The molecule has 0 aliphatic rings. The van der Waals surface area contributed by atoms with Crippen LogP contribution in [0.2, 0.25) is 5.02 Å². The first-order chi connectivity index (χ1) is 19.6. The van der Waals surface area contributed by atoms with Crippen molar-refractivity contribution in [2.45, 2.75) is 37.0 Å². The Kier molecular flexibility index (Phi) is 9.57. The molecule has 3 amide bonds. The van der Waals surface area contributed by atoms with Gasteiger partial charge in [0.2, 0.25) is 0 Å². The number of rotatable bonds is 9. The predicted molar refractivity (Wildman–Crippen MR) is 137 cm³/mol. The lowest BCUT2D eigenvalue weighted by Gasteiger charge is -2.32. The van der Waals surface area contributed by atoms with Gasteiger partial charge < -0.3 is 21.1 Å². The molecule has 4 N–H and O–H groups in total. The van der Waals surface area contributed by atoms with E-state index in [1.165, 1.54) is 24.3 Å². The Morgan fingerprint density at radius 2 is 1.71 bits per heavy atom. The van der Waals surface area contributed by atoms with Gasteiger partial charge in [0.1, 0.15) is 17.6 Å². The number of nitrogens with zero attached hydrogens (tertiary/aromatic N) is 1. The molecule has 3 rings (SSSR count). The Morgan fingerprint density at radius 3 is 2.29 bits per heavy atom. The molecule has 7 nitrogen and oxygen atoms in total. The summed E-state index contributed by atoms with van der Waals surface area (Å²) in [5.41, 5.74) is 1.95. The number of hydrogen-bond donors (Lipinski definition) is 3. The van der Waals surface area contributed by atoms with Gasteiger partial charge >= 0.3 is 24.5 Å². The molecule has 1 heterocycles. The first-order valence-corrected chi connectivity index (χ1v) is 12.1. The van der Waals surface area contributed by atoms with E-state index in [-0.39, 0.29) is 10.7 Å². The van der Waals surface area contributed by atoms with Gasteiger partial charge in [-0.25, -0.2) is 9.18 Å². The van der Waals surface area contributed by atoms with Gasteiger partial charge in [-0.3, -0.25) is 9.78 Å². The Labute approximate surface area is 239 Å². The number of alkyl halides is 6. The van der Waals surface area contributed by atoms with Crippen molar-refractivity contribution in [3.8, 4) is 17.6 Å². The highest BCUT2D eigenvalue weighted by molar-refractivity contribution is 6.30.